The lowest BCUT2D eigenvalue weighted by atomic mass is 12.0. The second-order valence-corrected chi connectivity index (χ2v) is 1.20. The van der Waals surface area contributed by atoms with Gasteiger partial charge in [0.15, 0.2) is 0 Å². The van der Waals surface area contributed by atoms with Gasteiger partial charge in [-0.15, -0.1) is 24.8 Å². The maximum absolute atomic E-state index is 9.00. The second kappa shape index (κ2) is 9.19. The highest BCUT2D eigenvalue weighted by atomic mass is 35.5. The van der Waals surface area contributed by atoms with Crippen LogP contribution in [0.2, 0.25) is 0 Å². The Hall–Kier alpha value is 0.690. The third-order valence-electron chi connectivity index (χ3n) is 0. The Morgan fingerprint density at radius 1 is 1.50 bits per heavy atom. The molecule has 2 nitrogen and oxygen atoms in total. The lowest BCUT2D eigenvalue weighted by Crippen LogP contribution is -1.73. The van der Waals surface area contributed by atoms with E-state index >= 15 is 0 Å². The average Bonchev–Trinajstić information content (AvgIpc) is 0.811. The first-order chi connectivity index (χ1) is 1.73. The molecule has 0 aliphatic rings. The highest BCUT2D eigenvalue weighted by Gasteiger charge is 1.41. The molecule has 6 heavy (non-hydrogen) atoms. The maximum Gasteiger partial charge on any atom is -0.00142 e. The average molecular weight is 152 g/mol. The molecule has 0 spiro atoms. The lowest BCUT2D eigenvalue weighted by Gasteiger charge is -1.85. The van der Waals surface area contributed by atoms with Crippen LogP contribution in [-0.4, -0.2) is 15.0 Å². The van der Waals surface area contributed by atoms with Crippen molar-refractivity contribution in [2.75, 3.05) is 6.26 Å². The molecular formula is CH5Cl2O2S-. The summed E-state index contributed by atoms with van der Waals surface area (Å²) in [5, 5.41) is 0. The van der Waals surface area contributed by atoms with Crippen LogP contribution in [0.15, 0.2) is 0 Å². The maximum atomic E-state index is 9.00. The highest BCUT2D eigenvalue weighted by molar-refractivity contribution is 7.78. The Kier molecular flexibility index (Phi) is 24.4. The Morgan fingerprint density at radius 3 is 1.50 bits per heavy atom. The smallest absolute Gasteiger partial charge is 0.00142 e. The summed E-state index contributed by atoms with van der Waals surface area (Å²) in [6.45, 7) is 0. The molecule has 1 atom stereocenters. The van der Waals surface area contributed by atoms with Crippen molar-refractivity contribution in [1.82, 2.24) is 0 Å². The van der Waals surface area contributed by atoms with Crippen molar-refractivity contribution in [3.8, 4) is 0 Å². The van der Waals surface area contributed by atoms with Gasteiger partial charge in [0.2, 0.25) is 0 Å². The number of halogens is 2. The largest absolute Gasteiger partial charge is 0.773 e. The van der Waals surface area contributed by atoms with E-state index in [1.165, 1.54) is 0 Å². The fourth-order valence-electron chi connectivity index (χ4n) is 0. The van der Waals surface area contributed by atoms with Crippen LogP contribution in [0.3, 0.4) is 0 Å². The van der Waals surface area contributed by atoms with E-state index in [2.05, 4.69) is 0 Å². The normalized spacial score (nSPS) is 10.3. The molecule has 0 heterocycles. The van der Waals surface area contributed by atoms with Gasteiger partial charge in [-0.05, 0) is 6.26 Å². The molecule has 5 heteroatoms. The van der Waals surface area contributed by atoms with E-state index in [4.69, 9.17) is 8.76 Å². The van der Waals surface area contributed by atoms with Gasteiger partial charge < -0.3 is 4.55 Å². The standard InChI is InChI=1S/CH4O2S.2ClH/c1-4(2)3;;/h1H3,(H,2,3);2*1H/p-1. The van der Waals surface area contributed by atoms with E-state index in [1.54, 1.807) is 0 Å². The van der Waals surface area contributed by atoms with Gasteiger partial charge in [-0.2, -0.15) is 0 Å². The third-order valence-corrected chi connectivity index (χ3v) is 0. The summed E-state index contributed by atoms with van der Waals surface area (Å²) in [7, 11) is 0. The number of rotatable bonds is 0. The van der Waals surface area contributed by atoms with Gasteiger partial charge in [0.25, 0.3) is 0 Å². The molecule has 1 unspecified atom stereocenters. The molecular weight excluding hydrogens is 147 g/mol. The van der Waals surface area contributed by atoms with E-state index < -0.39 is 11.1 Å². The van der Waals surface area contributed by atoms with Gasteiger partial charge >= 0.3 is 0 Å². The molecule has 0 saturated carbocycles. The van der Waals surface area contributed by atoms with Crippen molar-refractivity contribution in [3.05, 3.63) is 0 Å². The Bertz CT molecular complexity index is 34.5. The van der Waals surface area contributed by atoms with Crippen molar-refractivity contribution in [1.29, 1.82) is 0 Å². The van der Waals surface area contributed by atoms with E-state index in [0.29, 0.717) is 0 Å². The highest BCUT2D eigenvalue weighted by Crippen LogP contribution is 1.45. The molecule has 0 fully saturated rings. The first kappa shape index (κ1) is 15.9. The van der Waals surface area contributed by atoms with Crippen LogP contribution in [0.5, 0.6) is 0 Å². The summed E-state index contributed by atoms with van der Waals surface area (Å²) >= 11 is -1.86. The summed E-state index contributed by atoms with van der Waals surface area (Å²) in [6, 6.07) is 0. The van der Waals surface area contributed by atoms with Crippen LogP contribution in [0.1, 0.15) is 0 Å². The molecule has 0 amide bonds. The van der Waals surface area contributed by atoms with Crippen molar-refractivity contribution in [2.45, 2.75) is 0 Å². The minimum atomic E-state index is -1.86. The molecule has 0 rings (SSSR count). The van der Waals surface area contributed by atoms with Crippen molar-refractivity contribution in [3.63, 3.8) is 0 Å². The van der Waals surface area contributed by atoms with E-state index in [1.807, 2.05) is 0 Å². The molecule has 0 aromatic carbocycles. The van der Waals surface area contributed by atoms with E-state index in [0.717, 1.165) is 6.26 Å². The van der Waals surface area contributed by atoms with Crippen LogP contribution in [0.4, 0.5) is 0 Å². The quantitative estimate of drug-likeness (QED) is 0.469. The SMILES string of the molecule is CS(=O)[O-].Cl.Cl. The van der Waals surface area contributed by atoms with Gasteiger partial charge in [-0.3, -0.25) is 4.21 Å². The van der Waals surface area contributed by atoms with Crippen LogP contribution in [0, 0.1) is 0 Å². The fourth-order valence-corrected chi connectivity index (χ4v) is 0. The molecule has 0 bridgehead atoms. The Morgan fingerprint density at radius 2 is 1.50 bits per heavy atom. The number of hydrogen-bond donors (Lipinski definition) is 0. The van der Waals surface area contributed by atoms with Crippen LogP contribution in [0.25, 0.3) is 0 Å². The van der Waals surface area contributed by atoms with Crippen molar-refractivity contribution >= 4 is 35.9 Å². The first-order valence-electron chi connectivity index (χ1n) is 0.742. The lowest BCUT2D eigenvalue weighted by molar-refractivity contribution is 0.543. The summed E-state index contributed by atoms with van der Waals surface area (Å²) < 4.78 is 18.0. The number of hydrogen-bond acceptors (Lipinski definition) is 2. The predicted octanol–water partition coefficient (Wildman–Crippen LogP) is 0.339. The summed E-state index contributed by atoms with van der Waals surface area (Å²) in [4.78, 5) is 0. The van der Waals surface area contributed by atoms with Crippen LogP contribution in [-0.2, 0) is 11.1 Å². The van der Waals surface area contributed by atoms with Crippen LogP contribution < -0.4 is 0 Å². The zero-order valence-electron chi connectivity index (χ0n) is 3.04. The van der Waals surface area contributed by atoms with Gasteiger partial charge in [0.05, 0.1) is 0 Å². The topological polar surface area (TPSA) is 40.1 Å². The van der Waals surface area contributed by atoms with Crippen LogP contribution >= 0.6 is 24.8 Å². The molecule has 0 radical (unpaired) electrons. The van der Waals surface area contributed by atoms with E-state index in [-0.39, 0.29) is 24.8 Å². The first-order valence-corrected chi connectivity index (χ1v) is 2.22. The van der Waals surface area contributed by atoms with Crippen molar-refractivity contribution < 1.29 is 8.76 Å². The molecule has 0 saturated heterocycles. The molecule has 0 N–H and O–H groups in total. The summed E-state index contributed by atoms with van der Waals surface area (Å²) in [5.74, 6) is 0. The predicted molar refractivity (Wildman–Crippen MR) is 29.3 cm³/mol. The molecule has 0 aliphatic heterocycles. The monoisotopic (exact) mass is 151 g/mol. The summed E-state index contributed by atoms with van der Waals surface area (Å²) in [5.41, 5.74) is 0. The minimum absolute atomic E-state index is 0. The van der Waals surface area contributed by atoms with E-state index in [9.17, 15) is 0 Å². The third kappa shape index (κ3) is 134. The Labute approximate surface area is 51.4 Å². The van der Waals surface area contributed by atoms with Gasteiger partial charge in [-0.25, -0.2) is 0 Å². The Balaban J connectivity index is -0.0000000450. The molecule has 42 valence electrons. The van der Waals surface area contributed by atoms with Crippen molar-refractivity contribution in [2.24, 2.45) is 0 Å². The second-order valence-electron chi connectivity index (χ2n) is 0.401. The molecule has 0 aromatic heterocycles. The molecule has 0 aliphatic carbocycles. The van der Waals surface area contributed by atoms with Gasteiger partial charge in [0, 0.05) is 0 Å². The minimum Gasteiger partial charge on any atom is -0.773 e. The summed E-state index contributed by atoms with van der Waals surface area (Å²) in [6.07, 6.45) is 1.08. The van der Waals surface area contributed by atoms with Gasteiger partial charge in [-0.1, -0.05) is 11.1 Å². The zero-order chi connectivity index (χ0) is 3.58. The zero-order valence-corrected chi connectivity index (χ0v) is 5.49. The fraction of sp³-hybridized carbons (Fsp3) is 1.00. The molecule has 0 aromatic rings. The van der Waals surface area contributed by atoms with Gasteiger partial charge in [0.1, 0.15) is 0 Å².